The fourth-order valence-electron chi connectivity index (χ4n) is 3.37. The van der Waals surface area contributed by atoms with Crippen LogP contribution < -0.4 is 10.2 Å². The largest absolute Gasteiger partial charge is 0.380 e. The van der Waals surface area contributed by atoms with Gasteiger partial charge in [-0.2, -0.15) is 5.10 Å². The lowest BCUT2D eigenvalue weighted by Crippen LogP contribution is -2.35. The van der Waals surface area contributed by atoms with Crippen molar-refractivity contribution in [2.45, 2.75) is 25.5 Å². The molecule has 2 atom stereocenters. The van der Waals surface area contributed by atoms with Gasteiger partial charge in [0.2, 0.25) is 0 Å². The summed E-state index contributed by atoms with van der Waals surface area (Å²) < 4.78 is 7.42. The van der Waals surface area contributed by atoms with Crippen LogP contribution >= 0.6 is 0 Å². The predicted octanol–water partition coefficient (Wildman–Crippen LogP) is 1.53. The first kappa shape index (κ1) is 15.8. The third kappa shape index (κ3) is 3.12. The van der Waals surface area contributed by atoms with Crippen LogP contribution in [-0.4, -0.2) is 56.9 Å². The van der Waals surface area contributed by atoms with Crippen molar-refractivity contribution in [1.82, 2.24) is 24.6 Å². The zero-order valence-corrected chi connectivity index (χ0v) is 14.3. The Kier molecular flexibility index (Phi) is 4.19. The molecule has 0 saturated carbocycles. The van der Waals surface area contributed by atoms with Gasteiger partial charge in [0.1, 0.15) is 17.7 Å². The van der Waals surface area contributed by atoms with E-state index < -0.39 is 0 Å². The summed E-state index contributed by atoms with van der Waals surface area (Å²) in [4.78, 5) is 15.1. The maximum Gasteiger partial charge on any atom is 0.152 e. The first-order valence-electron chi connectivity index (χ1n) is 8.35. The van der Waals surface area contributed by atoms with Gasteiger partial charge in [0.05, 0.1) is 17.8 Å². The number of rotatable bonds is 5. The molecule has 130 valence electrons. The third-order valence-corrected chi connectivity index (χ3v) is 4.59. The van der Waals surface area contributed by atoms with Crippen LogP contribution in [0.2, 0.25) is 0 Å². The first-order chi connectivity index (χ1) is 12.2. The highest BCUT2D eigenvalue weighted by atomic mass is 16.5. The number of nitrogens with one attached hydrogen (secondary N) is 1. The summed E-state index contributed by atoms with van der Waals surface area (Å²) in [6, 6.07) is 4.24. The van der Waals surface area contributed by atoms with E-state index in [4.69, 9.17) is 4.74 Å². The van der Waals surface area contributed by atoms with Crippen molar-refractivity contribution in [2.75, 3.05) is 30.4 Å². The van der Waals surface area contributed by atoms with E-state index >= 15 is 0 Å². The van der Waals surface area contributed by atoms with Crippen LogP contribution in [0.4, 0.5) is 11.6 Å². The van der Waals surface area contributed by atoms with Gasteiger partial charge in [-0.25, -0.2) is 19.5 Å². The normalized spacial score (nSPS) is 20.3. The SMILES string of the molecule is CO[C@@H]1C[C@H](CNc2nccn3nc(C)cc23)N(c2ccncn2)C1. The molecule has 25 heavy (non-hydrogen) atoms. The van der Waals surface area contributed by atoms with E-state index in [0.29, 0.717) is 0 Å². The summed E-state index contributed by atoms with van der Waals surface area (Å²) in [7, 11) is 1.76. The summed E-state index contributed by atoms with van der Waals surface area (Å²) in [6.45, 7) is 3.55. The molecule has 8 heteroatoms. The van der Waals surface area contributed by atoms with Gasteiger partial charge in [-0.05, 0) is 25.5 Å². The number of nitrogens with zero attached hydrogens (tertiary/aromatic N) is 6. The fraction of sp³-hybridized carbons (Fsp3) is 0.412. The van der Waals surface area contributed by atoms with Crippen LogP contribution in [0.1, 0.15) is 12.1 Å². The zero-order valence-electron chi connectivity index (χ0n) is 14.3. The Bertz CT molecular complexity index is 851. The minimum Gasteiger partial charge on any atom is -0.380 e. The Hall–Kier alpha value is -2.74. The lowest BCUT2D eigenvalue weighted by atomic mass is 10.2. The summed E-state index contributed by atoms with van der Waals surface area (Å²) in [5, 5.41) is 7.91. The lowest BCUT2D eigenvalue weighted by molar-refractivity contribution is 0.118. The summed E-state index contributed by atoms with van der Waals surface area (Å²) in [5.74, 6) is 1.76. The van der Waals surface area contributed by atoms with E-state index in [1.165, 1.54) is 0 Å². The minimum absolute atomic E-state index is 0.197. The lowest BCUT2D eigenvalue weighted by Gasteiger charge is -2.25. The molecule has 4 heterocycles. The number of ether oxygens (including phenoxy) is 1. The average Bonchev–Trinajstić information content (AvgIpc) is 3.23. The van der Waals surface area contributed by atoms with Crippen LogP contribution in [0.3, 0.4) is 0 Å². The van der Waals surface area contributed by atoms with E-state index in [1.54, 1.807) is 25.8 Å². The summed E-state index contributed by atoms with van der Waals surface area (Å²) in [5.41, 5.74) is 1.95. The van der Waals surface area contributed by atoms with Crippen molar-refractivity contribution in [3.8, 4) is 0 Å². The molecule has 0 unspecified atom stereocenters. The van der Waals surface area contributed by atoms with Crippen LogP contribution in [0.25, 0.3) is 5.52 Å². The van der Waals surface area contributed by atoms with Crippen LogP contribution in [0.15, 0.2) is 37.1 Å². The second-order valence-corrected chi connectivity index (χ2v) is 6.24. The summed E-state index contributed by atoms with van der Waals surface area (Å²) in [6.07, 6.45) is 8.10. The van der Waals surface area contributed by atoms with Crippen LogP contribution in [0, 0.1) is 6.92 Å². The van der Waals surface area contributed by atoms with Gasteiger partial charge in [-0.3, -0.25) is 0 Å². The molecule has 0 bridgehead atoms. The number of hydrogen-bond acceptors (Lipinski definition) is 7. The highest BCUT2D eigenvalue weighted by molar-refractivity contribution is 5.67. The molecule has 3 aromatic heterocycles. The Morgan fingerprint density at radius 2 is 2.24 bits per heavy atom. The molecule has 0 amide bonds. The van der Waals surface area contributed by atoms with E-state index in [-0.39, 0.29) is 12.1 Å². The van der Waals surface area contributed by atoms with Crippen molar-refractivity contribution in [2.24, 2.45) is 0 Å². The molecule has 0 radical (unpaired) electrons. The molecule has 1 N–H and O–H groups in total. The van der Waals surface area contributed by atoms with Gasteiger partial charge in [0, 0.05) is 38.8 Å². The molecule has 0 spiro atoms. The molecule has 0 aromatic carbocycles. The Morgan fingerprint density at radius 3 is 3.04 bits per heavy atom. The quantitative estimate of drug-likeness (QED) is 0.755. The van der Waals surface area contributed by atoms with Gasteiger partial charge in [-0.1, -0.05) is 0 Å². The van der Waals surface area contributed by atoms with Crippen LogP contribution in [0.5, 0.6) is 0 Å². The third-order valence-electron chi connectivity index (χ3n) is 4.59. The molecule has 4 rings (SSSR count). The molecule has 1 aliphatic rings. The molecular weight excluding hydrogens is 318 g/mol. The number of methoxy groups -OCH3 is 1. The monoisotopic (exact) mass is 339 g/mol. The van der Waals surface area contributed by atoms with E-state index in [0.717, 1.165) is 42.4 Å². The van der Waals surface area contributed by atoms with Gasteiger partial charge in [0.15, 0.2) is 5.82 Å². The van der Waals surface area contributed by atoms with E-state index in [1.807, 2.05) is 29.8 Å². The summed E-state index contributed by atoms with van der Waals surface area (Å²) >= 11 is 0. The molecule has 1 fully saturated rings. The smallest absolute Gasteiger partial charge is 0.152 e. The molecular formula is C17H21N7O. The Morgan fingerprint density at radius 1 is 1.32 bits per heavy atom. The number of fused-ring (bicyclic) bond motifs is 1. The minimum atomic E-state index is 0.197. The second-order valence-electron chi connectivity index (χ2n) is 6.24. The van der Waals surface area contributed by atoms with Crippen molar-refractivity contribution in [3.63, 3.8) is 0 Å². The van der Waals surface area contributed by atoms with Gasteiger partial charge in [0.25, 0.3) is 0 Å². The molecule has 0 aliphatic carbocycles. The van der Waals surface area contributed by atoms with Gasteiger partial charge < -0.3 is 15.0 Å². The molecule has 1 saturated heterocycles. The number of anilines is 2. The second kappa shape index (κ2) is 6.64. The average molecular weight is 339 g/mol. The van der Waals surface area contributed by atoms with E-state index in [2.05, 4.69) is 30.3 Å². The zero-order chi connectivity index (χ0) is 17.2. The number of aryl methyl sites for hydroxylation is 1. The topological polar surface area (TPSA) is 80.5 Å². The standard InChI is InChI=1S/C17H21N7O/c1-12-7-15-17(19-5-6-24(15)22-12)20-9-13-8-14(25-2)10-23(13)16-3-4-18-11-21-16/h3-7,11,13-14H,8-10H2,1-2H3,(H,19,20)/t13-,14-/m1/s1. The van der Waals surface area contributed by atoms with E-state index in [9.17, 15) is 0 Å². The molecule has 1 aliphatic heterocycles. The van der Waals surface area contributed by atoms with Gasteiger partial charge >= 0.3 is 0 Å². The van der Waals surface area contributed by atoms with Crippen molar-refractivity contribution in [3.05, 3.63) is 42.7 Å². The highest BCUT2D eigenvalue weighted by Crippen LogP contribution is 2.26. The first-order valence-corrected chi connectivity index (χ1v) is 8.35. The van der Waals surface area contributed by atoms with Gasteiger partial charge in [-0.15, -0.1) is 0 Å². The predicted molar refractivity (Wildman–Crippen MR) is 94.8 cm³/mol. The van der Waals surface area contributed by atoms with Crippen LogP contribution in [-0.2, 0) is 4.74 Å². The van der Waals surface area contributed by atoms with Crippen molar-refractivity contribution >= 4 is 17.2 Å². The number of aromatic nitrogens is 5. The number of hydrogen-bond donors (Lipinski definition) is 1. The Labute approximate surface area is 145 Å². The fourth-order valence-corrected chi connectivity index (χ4v) is 3.37. The van der Waals surface area contributed by atoms with Crippen molar-refractivity contribution in [1.29, 1.82) is 0 Å². The maximum atomic E-state index is 5.58. The van der Waals surface area contributed by atoms with Crippen molar-refractivity contribution < 1.29 is 4.74 Å². The highest BCUT2D eigenvalue weighted by Gasteiger charge is 2.33. The molecule has 8 nitrogen and oxygen atoms in total. The Balaban J connectivity index is 1.53. The maximum absolute atomic E-state index is 5.58. The molecule has 3 aromatic rings.